The van der Waals surface area contributed by atoms with E-state index in [9.17, 15) is 18.8 Å². The smallest absolute Gasteiger partial charge is 0.270 e. The van der Waals surface area contributed by atoms with Crippen molar-refractivity contribution in [2.24, 2.45) is 7.05 Å². The zero-order chi connectivity index (χ0) is 38.3. The Balaban J connectivity index is 0.923. The summed E-state index contributed by atoms with van der Waals surface area (Å²) in [5.74, 6) is -0.634. The number of nitrogens with one attached hydrogen (secondary N) is 2. The number of aryl methyl sites for hydroxylation is 1. The van der Waals surface area contributed by atoms with E-state index in [0.29, 0.717) is 34.0 Å². The maximum Gasteiger partial charge on any atom is 0.270 e. The number of carbonyl (C=O) groups excluding carboxylic acids is 2. The summed E-state index contributed by atoms with van der Waals surface area (Å²) in [7, 11) is 1.61. The van der Waals surface area contributed by atoms with Crippen LogP contribution in [0.3, 0.4) is 0 Å². The Morgan fingerprint density at radius 3 is 2.07 bits per heavy atom. The van der Waals surface area contributed by atoms with E-state index in [4.69, 9.17) is 9.47 Å². The number of nitrogens with zero attached hydrogens (tertiary/aromatic N) is 4. The number of pyridine rings is 2. The van der Waals surface area contributed by atoms with Crippen LogP contribution in [-0.4, -0.2) is 31.0 Å². The van der Waals surface area contributed by atoms with E-state index < -0.39 is 11.6 Å². The van der Waals surface area contributed by atoms with Crippen molar-refractivity contribution in [1.82, 2.24) is 29.8 Å². The van der Waals surface area contributed by atoms with Crippen LogP contribution in [0.25, 0.3) is 16.8 Å². The Morgan fingerprint density at radius 1 is 0.727 bits per heavy atom. The van der Waals surface area contributed by atoms with Crippen LogP contribution in [0.1, 0.15) is 43.1 Å². The third kappa shape index (κ3) is 8.57. The SMILES string of the molecule is Cn1ccc(C(=O)NCc2ccc(OCc3cccc(-c4ccc(F)c(COc5ccc(CNC(=O)c6cccc7ncnn67)cc5)c4)c3F)cc2)cc1=O. The van der Waals surface area contributed by atoms with E-state index in [1.807, 2.05) is 0 Å². The van der Waals surface area contributed by atoms with Gasteiger partial charge in [0, 0.05) is 54.7 Å². The van der Waals surface area contributed by atoms with Crippen molar-refractivity contribution in [3.05, 3.63) is 183 Å². The molecular formula is C42H34F2N6O5. The fraction of sp³-hybridized carbons (Fsp3) is 0.119. The van der Waals surface area contributed by atoms with E-state index in [0.717, 1.165) is 11.1 Å². The highest BCUT2D eigenvalue weighted by atomic mass is 19.1. The van der Waals surface area contributed by atoms with Crippen molar-refractivity contribution in [2.75, 3.05) is 0 Å². The van der Waals surface area contributed by atoms with Crippen LogP contribution in [0.4, 0.5) is 8.78 Å². The minimum atomic E-state index is -0.489. The molecule has 2 N–H and O–H groups in total. The van der Waals surface area contributed by atoms with E-state index >= 15 is 4.39 Å². The van der Waals surface area contributed by atoms with Crippen LogP contribution in [0.2, 0.25) is 0 Å². The van der Waals surface area contributed by atoms with E-state index in [1.165, 1.54) is 39.8 Å². The molecule has 0 radical (unpaired) electrons. The number of carbonyl (C=O) groups is 2. The van der Waals surface area contributed by atoms with Crippen LogP contribution in [-0.2, 0) is 33.4 Å². The third-order valence-corrected chi connectivity index (χ3v) is 8.88. The van der Waals surface area contributed by atoms with E-state index in [2.05, 4.69) is 20.7 Å². The molecule has 7 aromatic rings. The topological polar surface area (TPSA) is 129 Å². The number of rotatable bonds is 13. The number of aromatic nitrogens is 4. The zero-order valence-electron chi connectivity index (χ0n) is 29.5. The maximum absolute atomic E-state index is 15.8. The van der Waals surface area contributed by atoms with Crippen LogP contribution < -0.4 is 25.7 Å². The van der Waals surface area contributed by atoms with Crippen LogP contribution in [0, 0.1) is 11.6 Å². The summed E-state index contributed by atoms with van der Waals surface area (Å²) in [5.41, 5.74) is 3.92. The molecule has 0 unspecified atom stereocenters. The molecule has 55 heavy (non-hydrogen) atoms. The molecule has 0 saturated heterocycles. The van der Waals surface area contributed by atoms with Gasteiger partial charge in [-0.3, -0.25) is 14.4 Å². The number of hydrogen-bond acceptors (Lipinski definition) is 7. The first-order valence-corrected chi connectivity index (χ1v) is 17.2. The van der Waals surface area contributed by atoms with Crippen LogP contribution in [0.5, 0.6) is 11.5 Å². The van der Waals surface area contributed by atoms with Gasteiger partial charge < -0.3 is 24.7 Å². The van der Waals surface area contributed by atoms with Gasteiger partial charge in [0.1, 0.15) is 48.4 Å². The molecule has 276 valence electrons. The van der Waals surface area contributed by atoms with Crippen LogP contribution >= 0.6 is 0 Å². The Labute approximate surface area is 313 Å². The van der Waals surface area contributed by atoms with Crippen molar-refractivity contribution >= 4 is 17.5 Å². The van der Waals surface area contributed by atoms with Gasteiger partial charge in [0.25, 0.3) is 17.4 Å². The highest BCUT2D eigenvalue weighted by Gasteiger charge is 2.15. The summed E-state index contributed by atoms with van der Waals surface area (Å²) in [4.78, 5) is 41.1. The number of benzene rings is 4. The molecule has 3 heterocycles. The quantitative estimate of drug-likeness (QED) is 0.140. The summed E-state index contributed by atoms with van der Waals surface area (Å²) in [5, 5.41) is 9.74. The summed E-state index contributed by atoms with van der Waals surface area (Å²) in [6.07, 6.45) is 2.92. The number of fused-ring (bicyclic) bond motifs is 1. The zero-order valence-corrected chi connectivity index (χ0v) is 29.5. The standard InChI is InChI=1S/C42H34F2N6O5/c1-49-19-18-30(21-39(49)51)41(52)45-22-27-8-13-33(14-9-27)54-24-31-4-2-5-35(40(31)44)29-12-17-36(43)32(20-29)25-55-34-15-10-28(11-16-34)23-46-42(53)37-6-3-7-38-47-26-48-50(37)38/h2-21,26H,22-25H2,1H3,(H,45,52)(H,46,53). The molecule has 2 amide bonds. The van der Waals surface area contributed by atoms with Gasteiger partial charge in [-0.15, -0.1) is 0 Å². The number of amides is 2. The third-order valence-electron chi connectivity index (χ3n) is 8.88. The van der Waals surface area contributed by atoms with Crippen molar-refractivity contribution < 1.29 is 27.8 Å². The average Bonchev–Trinajstić information content (AvgIpc) is 3.70. The van der Waals surface area contributed by atoms with Crippen molar-refractivity contribution in [2.45, 2.75) is 26.3 Å². The molecule has 0 aliphatic carbocycles. The monoisotopic (exact) mass is 740 g/mol. The van der Waals surface area contributed by atoms with Crippen molar-refractivity contribution in [1.29, 1.82) is 0 Å². The maximum atomic E-state index is 15.8. The molecular weight excluding hydrogens is 706 g/mol. The number of hydrogen-bond donors (Lipinski definition) is 2. The molecule has 0 bridgehead atoms. The molecule has 7 rings (SSSR count). The first-order valence-electron chi connectivity index (χ1n) is 17.2. The second-order valence-electron chi connectivity index (χ2n) is 12.6. The van der Waals surface area contributed by atoms with Gasteiger partial charge in [0.15, 0.2) is 5.65 Å². The Bertz CT molecular complexity index is 2550. The van der Waals surface area contributed by atoms with Crippen LogP contribution in [0.15, 0.2) is 133 Å². The minimum absolute atomic E-state index is 0.0481. The van der Waals surface area contributed by atoms with Gasteiger partial charge in [-0.2, -0.15) is 5.10 Å². The lowest BCUT2D eigenvalue weighted by atomic mass is 10.00. The number of halogens is 2. The number of ether oxygens (including phenoxy) is 2. The van der Waals surface area contributed by atoms with Gasteiger partial charge in [0.05, 0.1) is 0 Å². The molecule has 0 fully saturated rings. The second kappa shape index (κ2) is 16.3. The second-order valence-corrected chi connectivity index (χ2v) is 12.6. The first-order chi connectivity index (χ1) is 26.7. The van der Waals surface area contributed by atoms with E-state index in [1.54, 1.807) is 104 Å². The predicted molar refractivity (Wildman–Crippen MR) is 200 cm³/mol. The molecule has 0 aliphatic rings. The molecule has 11 nitrogen and oxygen atoms in total. The highest BCUT2D eigenvalue weighted by molar-refractivity contribution is 5.94. The molecule has 3 aromatic heterocycles. The molecule has 4 aromatic carbocycles. The van der Waals surface area contributed by atoms with Gasteiger partial charge >= 0.3 is 0 Å². The summed E-state index contributed by atoms with van der Waals surface area (Å²) >= 11 is 0. The molecule has 0 atom stereocenters. The Kier molecular flexibility index (Phi) is 10.7. The predicted octanol–water partition coefficient (Wildman–Crippen LogP) is 6.39. The fourth-order valence-electron chi connectivity index (χ4n) is 5.76. The van der Waals surface area contributed by atoms with Gasteiger partial charge in [-0.1, -0.05) is 54.6 Å². The molecule has 0 aliphatic heterocycles. The normalized spacial score (nSPS) is 11.0. The highest BCUT2D eigenvalue weighted by Crippen LogP contribution is 2.28. The van der Waals surface area contributed by atoms with Crippen molar-refractivity contribution in [3.63, 3.8) is 0 Å². The Hall–Kier alpha value is -7.15. The lowest BCUT2D eigenvalue weighted by Crippen LogP contribution is -2.25. The summed E-state index contributed by atoms with van der Waals surface area (Å²) in [6, 6.07) is 31.4. The summed E-state index contributed by atoms with van der Waals surface area (Å²) < 4.78 is 45.2. The van der Waals surface area contributed by atoms with Gasteiger partial charge in [0.2, 0.25) is 0 Å². The van der Waals surface area contributed by atoms with E-state index in [-0.39, 0.29) is 60.4 Å². The molecule has 13 heteroatoms. The minimum Gasteiger partial charge on any atom is -0.489 e. The van der Waals surface area contributed by atoms with Gasteiger partial charge in [-0.25, -0.2) is 18.3 Å². The largest absolute Gasteiger partial charge is 0.489 e. The van der Waals surface area contributed by atoms with Crippen molar-refractivity contribution in [3.8, 4) is 22.6 Å². The lowest BCUT2D eigenvalue weighted by Gasteiger charge is -2.13. The first kappa shape index (κ1) is 36.2. The molecule has 0 spiro atoms. The lowest BCUT2D eigenvalue weighted by molar-refractivity contribution is 0.0938. The molecule has 0 saturated carbocycles. The fourth-order valence-corrected chi connectivity index (χ4v) is 5.76. The average molecular weight is 741 g/mol. The Morgan fingerprint density at radius 2 is 1.38 bits per heavy atom. The summed E-state index contributed by atoms with van der Waals surface area (Å²) in [6.45, 7) is 0.375. The van der Waals surface area contributed by atoms with Gasteiger partial charge in [-0.05, 0) is 71.3 Å².